The largest absolute Gasteiger partial charge is 0.497 e. The topological polar surface area (TPSA) is 55.4 Å². The molecule has 1 N–H and O–H groups in total. The molecule has 0 unspecified atom stereocenters. The van der Waals surface area contributed by atoms with Gasteiger partial charge >= 0.3 is 0 Å². The van der Waals surface area contributed by atoms with Crippen LogP contribution >= 0.6 is 0 Å². The van der Waals surface area contributed by atoms with Crippen molar-refractivity contribution in [3.8, 4) is 5.75 Å². The average molecular weight is 317 g/mol. The SMILES string of the molecule is COc1ccc(CCNC(=O)c2ccc([S@@](C)=O)cc2)cc1. The number of amides is 1. The van der Waals surface area contributed by atoms with Gasteiger partial charge in [-0.3, -0.25) is 9.00 Å². The number of carbonyl (C=O) groups is 1. The van der Waals surface area contributed by atoms with E-state index in [-0.39, 0.29) is 5.91 Å². The fraction of sp³-hybridized carbons (Fsp3) is 0.235. The molecule has 0 saturated carbocycles. The smallest absolute Gasteiger partial charge is 0.251 e. The number of rotatable bonds is 6. The maximum Gasteiger partial charge on any atom is 0.251 e. The monoisotopic (exact) mass is 317 g/mol. The van der Waals surface area contributed by atoms with Crippen molar-refractivity contribution in [1.82, 2.24) is 5.32 Å². The van der Waals surface area contributed by atoms with Crippen molar-refractivity contribution in [3.05, 3.63) is 59.7 Å². The van der Waals surface area contributed by atoms with Gasteiger partial charge in [-0.1, -0.05) is 12.1 Å². The highest BCUT2D eigenvalue weighted by Gasteiger charge is 2.06. The summed E-state index contributed by atoms with van der Waals surface area (Å²) < 4.78 is 16.4. The van der Waals surface area contributed by atoms with Crippen LogP contribution in [0.4, 0.5) is 0 Å². The molecule has 1 atom stereocenters. The van der Waals surface area contributed by atoms with Crippen LogP contribution in [-0.4, -0.2) is 30.0 Å². The number of hydrogen-bond donors (Lipinski definition) is 1. The first-order chi connectivity index (χ1) is 10.6. The Morgan fingerprint density at radius 1 is 1.09 bits per heavy atom. The molecule has 0 spiro atoms. The second kappa shape index (κ2) is 7.75. The van der Waals surface area contributed by atoms with E-state index >= 15 is 0 Å². The number of methoxy groups -OCH3 is 1. The van der Waals surface area contributed by atoms with Crippen LogP contribution in [0.2, 0.25) is 0 Å². The molecule has 0 heterocycles. The van der Waals surface area contributed by atoms with Crippen molar-refractivity contribution in [2.45, 2.75) is 11.3 Å². The maximum absolute atomic E-state index is 12.0. The van der Waals surface area contributed by atoms with Gasteiger partial charge in [-0.15, -0.1) is 0 Å². The third-order valence-corrected chi connectivity index (χ3v) is 4.24. The predicted molar refractivity (Wildman–Crippen MR) is 87.8 cm³/mol. The van der Waals surface area contributed by atoms with E-state index in [1.54, 1.807) is 37.6 Å². The Morgan fingerprint density at radius 2 is 1.73 bits per heavy atom. The molecule has 5 heteroatoms. The Labute approximate surface area is 133 Å². The van der Waals surface area contributed by atoms with E-state index in [0.29, 0.717) is 12.1 Å². The van der Waals surface area contributed by atoms with Gasteiger partial charge in [-0.05, 0) is 48.4 Å². The minimum absolute atomic E-state index is 0.123. The number of carbonyl (C=O) groups excluding carboxylic acids is 1. The number of ether oxygens (including phenoxy) is 1. The van der Waals surface area contributed by atoms with E-state index in [9.17, 15) is 9.00 Å². The second-order valence-corrected chi connectivity index (χ2v) is 6.21. The summed E-state index contributed by atoms with van der Waals surface area (Å²) in [5, 5.41) is 2.88. The third-order valence-electron chi connectivity index (χ3n) is 3.31. The van der Waals surface area contributed by atoms with Crippen molar-refractivity contribution in [2.24, 2.45) is 0 Å². The zero-order valence-corrected chi connectivity index (χ0v) is 13.5. The van der Waals surface area contributed by atoms with Gasteiger partial charge in [-0.2, -0.15) is 0 Å². The molecular weight excluding hydrogens is 298 g/mol. The summed E-state index contributed by atoms with van der Waals surface area (Å²) in [5.41, 5.74) is 1.71. The molecule has 0 bridgehead atoms. The van der Waals surface area contributed by atoms with Crippen LogP contribution in [0.1, 0.15) is 15.9 Å². The normalized spacial score (nSPS) is 11.7. The number of benzene rings is 2. The van der Waals surface area contributed by atoms with Crippen LogP contribution < -0.4 is 10.1 Å². The molecule has 1 amide bonds. The minimum Gasteiger partial charge on any atom is -0.497 e. The Morgan fingerprint density at radius 3 is 2.27 bits per heavy atom. The predicted octanol–water partition coefficient (Wildman–Crippen LogP) is 2.41. The first-order valence-corrected chi connectivity index (χ1v) is 8.50. The van der Waals surface area contributed by atoms with Crippen molar-refractivity contribution < 1.29 is 13.7 Å². The lowest BCUT2D eigenvalue weighted by Crippen LogP contribution is -2.25. The molecule has 0 aromatic heterocycles. The molecule has 0 aliphatic heterocycles. The van der Waals surface area contributed by atoms with Gasteiger partial charge in [0.25, 0.3) is 5.91 Å². The van der Waals surface area contributed by atoms with Gasteiger partial charge in [0.1, 0.15) is 5.75 Å². The molecule has 2 aromatic rings. The first kappa shape index (κ1) is 16.2. The summed E-state index contributed by atoms with van der Waals surface area (Å²) in [6.07, 6.45) is 2.37. The highest BCUT2D eigenvalue weighted by Crippen LogP contribution is 2.11. The van der Waals surface area contributed by atoms with Crippen molar-refractivity contribution in [1.29, 1.82) is 0 Å². The van der Waals surface area contributed by atoms with E-state index < -0.39 is 10.8 Å². The van der Waals surface area contributed by atoms with Crippen LogP contribution in [-0.2, 0) is 17.2 Å². The molecule has 116 valence electrons. The lowest BCUT2D eigenvalue weighted by atomic mass is 10.1. The summed E-state index contributed by atoms with van der Waals surface area (Å²) in [4.78, 5) is 12.7. The summed E-state index contributed by atoms with van der Waals surface area (Å²) in [6, 6.07) is 14.6. The van der Waals surface area contributed by atoms with Crippen LogP contribution in [0.5, 0.6) is 5.75 Å². The molecule has 0 aliphatic rings. The zero-order valence-electron chi connectivity index (χ0n) is 12.7. The van der Waals surface area contributed by atoms with Gasteiger partial charge < -0.3 is 10.1 Å². The fourth-order valence-electron chi connectivity index (χ4n) is 2.01. The van der Waals surface area contributed by atoms with Crippen molar-refractivity contribution >= 4 is 16.7 Å². The molecule has 0 fully saturated rings. The lowest BCUT2D eigenvalue weighted by molar-refractivity contribution is 0.0954. The van der Waals surface area contributed by atoms with Gasteiger partial charge in [0.2, 0.25) is 0 Å². The van der Waals surface area contributed by atoms with Crippen LogP contribution in [0.3, 0.4) is 0 Å². The minimum atomic E-state index is -1.03. The van der Waals surface area contributed by atoms with Crippen LogP contribution in [0.25, 0.3) is 0 Å². The van der Waals surface area contributed by atoms with Crippen molar-refractivity contribution in [2.75, 3.05) is 19.9 Å². The Hall–Kier alpha value is -2.14. The highest BCUT2D eigenvalue weighted by atomic mass is 32.2. The van der Waals surface area contributed by atoms with Gasteiger partial charge in [0, 0.05) is 34.1 Å². The average Bonchev–Trinajstić information content (AvgIpc) is 2.55. The molecule has 0 saturated heterocycles. The van der Waals surface area contributed by atoms with E-state index in [1.807, 2.05) is 24.3 Å². The summed E-state index contributed by atoms with van der Waals surface area (Å²) in [6.45, 7) is 0.562. The Balaban J connectivity index is 1.85. The van der Waals surface area contributed by atoms with Crippen LogP contribution in [0.15, 0.2) is 53.4 Å². The van der Waals surface area contributed by atoms with E-state index in [1.165, 1.54) is 0 Å². The molecule has 0 aliphatic carbocycles. The van der Waals surface area contributed by atoms with Gasteiger partial charge in [0.15, 0.2) is 0 Å². The summed E-state index contributed by atoms with van der Waals surface area (Å²) in [7, 11) is 0.608. The fourth-order valence-corrected chi connectivity index (χ4v) is 2.53. The maximum atomic E-state index is 12.0. The zero-order chi connectivity index (χ0) is 15.9. The quantitative estimate of drug-likeness (QED) is 0.890. The van der Waals surface area contributed by atoms with Crippen molar-refractivity contribution in [3.63, 3.8) is 0 Å². The molecule has 2 rings (SSSR count). The molecular formula is C17H19NO3S. The molecule has 4 nitrogen and oxygen atoms in total. The first-order valence-electron chi connectivity index (χ1n) is 6.95. The van der Waals surface area contributed by atoms with E-state index in [2.05, 4.69) is 5.32 Å². The van der Waals surface area contributed by atoms with E-state index in [4.69, 9.17) is 4.74 Å². The Kier molecular flexibility index (Phi) is 5.72. The Bertz CT molecular complexity index is 651. The standard InChI is InChI=1S/C17H19NO3S/c1-21-15-7-3-13(4-8-15)11-12-18-17(19)14-5-9-16(10-6-14)22(2)20/h3-10H,11-12H2,1-2H3,(H,18,19)/t22-/m1/s1. The summed E-state index contributed by atoms with van der Waals surface area (Å²) in [5.74, 6) is 0.697. The van der Waals surface area contributed by atoms with Crippen LogP contribution in [0, 0.1) is 0 Å². The van der Waals surface area contributed by atoms with E-state index in [0.717, 1.165) is 22.6 Å². The molecule has 2 aromatic carbocycles. The molecule has 0 radical (unpaired) electrons. The molecule has 22 heavy (non-hydrogen) atoms. The second-order valence-electron chi connectivity index (χ2n) is 4.83. The number of hydrogen-bond acceptors (Lipinski definition) is 3. The number of nitrogens with one attached hydrogen (secondary N) is 1. The van der Waals surface area contributed by atoms with Gasteiger partial charge in [-0.25, -0.2) is 0 Å². The third kappa shape index (κ3) is 4.43. The van der Waals surface area contributed by atoms with Gasteiger partial charge in [0.05, 0.1) is 7.11 Å². The summed E-state index contributed by atoms with van der Waals surface area (Å²) >= 11 is 0. The lowest BCUT2D eigenvalue weighted by Gasteiger charge is -2.07. The highest BCUT2D eigenvalue weighted by molar-refractivity contribution is 7.84.